The first-order chi connectivity index (χ1) is 10.3. The second-order valence-electron chi connectivity index (χ2n) is 5.77. The second-order valence-corrected chi connectivity index (χ2v) is 5.77. The van der Waals surface area contributed by atoms with Crippen LogP contribution in [-0.4, -0.2) is 31.7 Å². The Kier molecular flexibility index (Phi) is 4.51. The van der Waals surface area contributed by atoms with E-state index in [9.17, 15) is 5.11 Å². The van der Waals surface area contributed by atoms with Gasteiger partial charge in [-0.25, -0.2) is 0 Å². The van der Waals surface area contributed by atoms with Gasteiger partial charge < -0.3 is 24.6 Å². The van der Waals surface area contributed by atoms with Crippen molar-refractivity contribution in [3.63, 3.8) is 0 Å². The lowest BCUT2D eigenvalue weighted by Crippen LogP contribution is -2.33. The van der Waals surface area contributed by atoms with Crippen LogP contribution in [0.5, 0.6) is 17.2 Å². The molecule has 1 heterocycles. The van der Waals surface area contributed by atoms with Gasteiger partial charge in [0.2, 0.25) is 12.5 Å². The Morgan fingerprint density at radius 1 is 1.29 bits per heavy atom. The summed E-state index contributed by atoms with van der Waals surface area (Å²) in [5.41, 5.74) is 1.10. The number of fused-ring (bicyclic) bond motifs is 1. The van der Waals surface area contributed by atoms with Gasteiger partial charge in [0.25, 0.3) is 0 Å². The van der Waals surface area contributed by atoms with Crippen molar-refractivity contribution in [3.8, 4) is 17.2 Å². The minimum absolute atomic E-state index is 0.155. The maximum absolute atomic E-state index is 9.98. The number of aliphatic hydroxyl groups is 1. The summed E-state index contributed by atoms with van der Waals surface area (Å²) in [4.78, 5) is 0. The van der Waals surface area contributed by atoms with E-state index in [2.05, 4.69) is 5.32 Å². The van der Waals surface area contributed by atoms with Crippen LogP contribution in [0.4, 0.5) is 0 Å². The Bertz CT molecular complexity index is 491. The first-order valence-corrected chi connectivity index (χ1v) is 7.63. The van der Waals surface area contributed by atoms with Crippen molar-refractivity contribution in [2.75, 3.05) is 20.4 Å². The third-order valence-electron chi connectivity index (χ3n) is 4.32. The average molecular weight is 293 g/mol. The summed E-state index contributed by atoms with van der Waals surface area (Å²) in [5.74, 6) is 2.50. The highest BCUT2D eigenvalue weighted by Crippen LogP contribution is 2.41. The Hall–Kier alpha value is -1.46. The smallest absolute Gasteiger partial charge is 0.231 e. The Balaban J connectivity index is 1.58. The molecule has 2 aliphatic rings. The number of hydrogen-bond acceptors (Lipinski definition) is 5. The molecule has 2 unspecified atom stereocenters. The average Bonchev–Trinajstić information content (AvgIpc) is 2.97. The molecule has 0 radical (unpaired) electrons. The number of nitrogens with one attached hydrogen (secondary N) is 1. The molecule has 1 saturated carbocycles. The summed E-state index contributed by atoms with van der Waals surface area (Å²) in [6, 6.07) is 3.95. The van der Waals surface area contributed by atoms with Gasteiger partial charge in [-0.15, -0.1) is 0 Å². The third kappa shape index (κ3) is 3.24. The second kappa shape index (κ2) is 6.54. The van der Waals surface area contributed by atoms with Crippen molar-refractivity contribution in [1.82, 2.24) is 5.32 Å². The van der Waals surface area contributed by atoms with Gasteiger partial charge in [0.15, 0.2) is 11.5 Å². The maximum Gasteiger partial charge on any atom is 0.231 e. The van der Waals surface area contributed by atoms with E-state index in [0.717, 1.165) is 43.7 Å². The molecule has 1 aliphatic heterocycles. The molecule has 1 aliphatic carbocycles. The van der Waals surface area contributed by atoms with E-state index in [1.54, 1.807) is 7.11 Å². The fourth-order valence-electron chi connectivity index (χ4n) is 3.11. The minimum atomic E-state index is -0.155. The molecule has 21 heavy (non-hydrogen) atoms. The predicted molar refractivity (Wildman–Crippen MR) is 78.8 cm³/mol. The van der Waals surface area contributed by atoms with Crippen molar-refractivity contribution in [2.45, 2.75) is 38.3 Å². The summed E-state index contributed by atoms with van der Waals surface area (Å²) >= 11 is 0. The normalized spacial score (nSPS) is 24.1. The number of methoxy groups -OCH3 is 1. The molecule has 2 N–H and O–H groups in total. The van der Waals surface area contributed by atoms with Crippen LogP contribution in [0.25, 0.3) is 0 Å². The van der Waals surface area contributed by atoms with Crippen LogP contribution in [0.15, 0.2) is 12.1 Å². The summed E-state index contributed by atoms with van der Waals surface area (Å²) in [6.07, 6.45) is 4.26. The first kappa shape index (κ1) is 14.5. The number of hydrogen-bond donors (Lipinski definition) is 2. The largest absolute Gasteiger partial charge is 0.493 e. The molecule has 1 fully saturated rings. The Labute approximate surface area is 125 Å². The molecule has 3 rings (SSSR count). The van der Waals surface area contributed by atoms with Gasteiger partial charge >= 0.3 is 0 Å². The lowest BCUT2D eigenvalue weighted by molar-refractivity contribution is 0.0695. The summed E-state index contributed by atoms with van der Waals surface area (Å²) in [5, 5.41) is 13.4. The van der Waals surface area contributed by atoms with Gasteiger partial charge in [-0.1, -0.05) is 12.8 Å². The third-order valence-corrected chi connectivity index (χ3v) is 4.32. The molecule has 116 valence electrons. The van der Waals surface area contributed by atoms with Crippen LogP contribution in [0.3, 0.4) is 0 Å². The highest BCUT2D eigenvalue weighted by Gasteiger charge is 2.23. The van der Waals surface area contributed by atoms with Gasteiger partial charge in [0, 0.05) is 13.1 Å². The fraction of sp³-hybridized carbons (Fsp3) is 0.625. The van der Waals surface area contributed by atoms with Crippen LogP contribution < -0.4 is 19.5 Å². The lowest BCUT2D eigenvalue weighted by atomic mass is 9.86. The zero-order chi connectivity index (χ0) is 14.7. The SMILES string of the molecule is COc1cc(CNCC2CCCCC2O)cc2c1OCO2. The molecular weight excluding hydrogens is 270 g/mol. The van der Waals surface area contributed by atoms with Gasteiger partial charge in [0.05, 0.1) is 13.2 Å². The van der Waals surface area contributed by atoms with E-state index >= 15 is 0 Å². The van der Waals surface area contributed by atoms with Gasteiger partial charge in [-0.05, 0) is 36.5 Å². The van der Waals surface area contributed by atoms with Crippen molar-refractivity contribution in [2.24, 2.45) is 5.92 Å². The molecule has 0 bridgehead atoms. The van der Waals surface area contributed by atoms with Gasteiger partial charge in [0.1, 0.15) is 0 Å². The summed E-state index contributed by atoms with van der Waals surface area (Å²) in [6.45, 7) is 1.82. The van der Waals surface area contributed by atoms with E-state index in [-0.39, 0.29) is 12.9 Å². The predicted octanol–water partition coefficient (Wildman–Crippen LogP) is 2.06. The number of benzene rings is 1. The molecular formula is C16H23NO4. The van der Waals surface area contributed by atoms with Gasteiger partial charge in [-0.2, -0.15) is 0 Å². The van der Waals surface area contributed by atoms with Crippen LogP contribution in [0.1, 0.15) is 31.2 Å². The molecule has 0 amide bonds. The van der Waals surface area contributed by atoms with E-state index in [4.69, 9.17) is 14.2 Å². The summed E-state index contributed by atoms with van der Waals surface area (Å²) in [7, 11) is 1.63. The van der Waals surface area contributed by atoms with Crippen molar-refractivity contribution < 1.29 is 19.3 Å². The maximum atomic E-state index is 9.98. The van der Waals surface area contributed by atoms with E-state index in [1.807, 2.05) is 12.1 Å². The van der Waals surface area contributed by atoms with E-state index < -0.39 is 0 Å². The Morgan fingerprint density at radius 3 is 2.95 bits per heavy atom. The van der Waals surface area contributed by atoms with Crippen molar-refractivity contribution in [1.29, 1.82) is 0 Å². The quantitative estimate of drug-likeness (QED) is 0.870. The van der Waals surface area contributed by atoms with Gasteiger partial charge in [-0.3, -0.25) is 0 Å². The molecule has 1 aromatic rings. The molecule has 0 saturated heterocycles. The lowest BCUT2D eigenvalue weighted by Gasteiger charge is -2.27. The van der Waals surface area contributed by atoms with E-state index in [1.165, 1.54) is 6.42 Å². The molecule has 5 nitrogen and oxygen atoms in total. The topological polar surface area (TPSA) is 60.0 Å². The highest BCUT2D eigenvalue weighted by atomic mass is 16.7. The summed E-state index contributed by atoms with van der Waals surface area (Å²) < 4.78 is 16.2. The van der Waals surface area contributed by atoms with Crippen LogP contribution in [-0.2, 0) is 6.54 Å². The monoisotopic (exact) mass is 293 g/mol. The molecule has 5 heteroatoms. The highest BCUT2D eigenvalue weighted by molar-refractivity contribution is 5.55. The number of rotatable bonds is 5. The van der Waals surface area contributed by atoms with Crippen LogP contribution in [0.2, 0.25) is 0 Å². The molecule has 1 aromatic carbocycles. The Morgan fingerprint density at radius 2 is 2.14 bits per heavy atom. The fourth-order valence-corrected chi connectivity index (χ4v) is 3.11. The molecule has 0 spiro atoms. The van der Waals surface area contributed by atoms with E-state index in [0.29, 0.717) is 17.4 Å². The number of aliphatic hydroxyl groups excluding tert-OH is 1. The standard InChI is InChI=1S/C16H23NO4/c1-19-14-6-11(7-15-16(14)21-10-20-15)8-17-9-12-4-2-3-5-13(12)18/h6-7,12-13,17-18H,2-5,8-10H2,1H3. The van der Waals surface area contributed by atoms with Crippen LogP contribution >= 0.6 is 0 Å². The minimum Gasteiger partial charge on any atom is -0.493 e. The van der Waals surface area contributed by atoms with Crippen molar-refractivity contribution >= 4 is 0 Å². The van der Waals surface area contributed by atoms with Crippen LogP contribution in [0, 0.1) is 5.92 Å². The number of ether oxygens (including phenoxy) is 3. The molecule has 0 aromatic heterocycles. The van der Waals surface area contributed by atoms with Crippen molar-refractivity contribution in [3.05, 3.63) is 17.7 Å². The first-order valence-electron chi connectivity index (χ1n) is 7.63. The zero-order valence-electron chi connectivity index (χ0n) is 12.4. The molecule has 2 atom stereocenters. The zero-order valence-corrected chi connectivity index (χ0v) is 12.4.